The second-order valence-electron chi connectivity index (χ2n) is 13.9. The highest BCUT2D eigenvalue weighted by atomic mass is 16.4. The Labute approximate surface area is 317 Å². The molecule has 0 aliphatic heterocycles. The van der Waals surface area contributed by atoms with Crippen molar-refractivity contribution >= 4 is 71.6 Å². The monoisotopic (exact) mass is 704 g/mol. The van der Waals surface area contributed by atoms with E-state index >= 15 is 0 Å². The molecule has 55 heavy (non-hydrogen) atoms. The summed E-state index contributed by atoms with van der Waals surface area (Å²) in [5, 5.41) is 6.95. The van der Waals surface area contributed by atoms with Gasteiger partial charge in [-0.25, -0.2) is 4.98 Å². The molecule has 11 rings (SSSR count). The van der Waals surface area contributed by atoms with Crippen LogP contribution in [0.15, 0.2) is 203 Å². The van der Waals surface area contributed by atoms with Crippen molar-refractivity contribution in [2.24, 2.45) is 0 Å². The van der Waals surface area contributed by atoms with Crippen LogP contribution in [0.4, 0.5) is 17.1 Å². The molecular weight excluding hydrogens is 673 g/mol. The van der Waals surface area contributed by atoms with Crippen LogP contribution in [0.1, 0.15) is 0 Å². The Bertz CT molecular complexity index is 3200. The van der Waals surface area contributed by atoms with Crippen molar-refractivity contribution in [3.63, 3.8) is 0 Å². The van der Waals surface area contributed by atoms with Gasteiger partial charge in [-0.05, 0) is 80.7 Å². The molecule has 9 aromatic carbocycles. The summed E-state index contributed by atoms with van der Waals surface area (Å²) in [4.78, 5) is 7.61. The normalized spacial score (nSPS) is 11.6. The van der Waals surface area contributed by atoms with E-state index in [-0.39, 0.29) is 0 Å². The number of nitrogens with zero attached hydrogens (tertiary/aromatic N) is 2. The Morgan fingerprint density at radius 1 is 0.400 bits per heavy atom. The Morgan fingerprint density at radius 3 is 1.82 bits per heavy atom. The van der Waals surface area contributed by atoms with Crippen molar-refractivity contribution < 1.29 is 8.83 Å². The molecule has 4 heteroatoms. The fraction of sp³-hybridized carbons (Fsp3) is 0. The summed E-state index contributed by atoms with van der Waals surface area (Å²) in [5.41, 5.74) is 11.3. The van der Waals surface area contributed by atoms with Crippen LogP contribution < -0.4 is 4.90 Å². The summed E-state index contributed by atoms with van der Waals surface area (Å²) >= 11 is 0. The largest absolute Gasteiger partial charge is 0.456 e. The SMILES string of the molecule is c1ccc(-c2nc3c(N(c4ccc(-c5cc6ccccc6c6ccccc56)cc4)c4ccccc4-c4ccccc4)c4c(cc3o2)oc2ccccc24)cc1. The number of aromatic nitrogens is 1. The van der Waals surface area contributed by atoms with Crippen LogP contribution in [0.5, 0.6) is 0 Å². The van der Waals surface area contributed by atoms with Gasteiger partial charge in [0.1, 0.15) is 16.7 Å². The van der Waals surface area contributed by atoms with Gasteiger partial charge in [-0.15, -0.1) is 0 Å². The first-order valence-corrected chi connectivity index (χ1v) is 18.5. The molecule has 0 saturated heterocycles. The summed E-state index contributed by atoms with van der Waals surface area (Å²) < 4.78 is 13.2. The van der Waals surface area contributed by atoms with E-state index in [9.17, 15) is 0 Å². The average molecular weight is 705 g/mol. The van der Waals surface area contributed by atoms with Gasteiger partial charge in [0.15, 0.2) is 5.58 Å². The number of hydrogen-bond donors (Lipinski definition) is 0. The second kappa shape index (κ2) is 12.6. The summed E-state index contributed by atoms with van der Waals surface area (Å²) in [6.45, 7) is 0. The maximum Gasteiger partial charge on any atom is 0.227 e. The molecule has 0 fully saturated rings. The lowest BCUT2D eigenvalue weighted by molar-refractivity contribution is 0.617. The minimum atomic E-state index is 0.559. The highest BCUT2D eigenvalue weighted by Gasteiger charge is 2.27. The van der Waals surface area contributed by atoms with Crippen molar-refractivity contribution in [1.82, 2.24) is 4.98 Å². The molecule has 0 atom stereocenters. The highest BCUT2D eigenvalue weighted by molar-refractivity contribution is 6.21. The minimum absolute atomic E-state index is 0.559. The van der Waals surface area contributed by atoms with Crippen LogP contribution in [0.3, 0.4) is 0 Å². The van der Waals surface area contributed by atoms with E-state index in [0.717, 1.165) is 66.8 Å². The molecule has 0 radical (unpaired) electrons. The first kappa shape index (κ1) is 31.1. The molecule has 4 nitrogen and oxygen atoms in total. The third-order valence-electron chi connectivity index (χ3n) is 10.7. The van der Waals surface area contributed by atoms with E-state index in [1.807, 2.05) is 48.5 Å². The zero-order valence-electron chi connectivity index (χ0n) is 29.7. The Hall–Kier alpha value is -7.43. The lowest BCUT2D eigenvalue weighted by Crippen LogP contribution is -2.12. The summed E-state index contributed by atoms with van der Waals surface area (Å²) in [5.74, 6) is 0.559. The molecule has 0 saturated carbocycles. The molecule has 258 valence electrons. The van der Waals surface area contributed by atoms with Gasteiger partial charge in [0, 0.05) is 28.3 Å². The Balaban J connectivity index is 1.20. The number of benzene rings is 9. The van der Waals surface area contributed by atoms with Gasteiger partial charge in [-0.3, -0.25) is 0 Å². The van der Waals surface area contributed by atoms with Crippen molar-refractivity contribution in [2.45, 2.75) is 0 Å². The number of hydrogen-bond acceptors (Lipinski definition) is 4. The quantitative estimate of drug-likeness (QED) is 0.162. The Morgan fingerprint density at radius 2 is 1.02 bits per heavy atom. The van der Waals surface area contributed by atoms with Crippen molar-refractivity contribution in [3.8, 4) is 33.7 Å². The zero-order chi connectivity index (χ0) is 36.3. The van der Waals surface area contributed by atoms with Crippen molar-refractivity contribution in [3.05, 3.63) is 194 Å². The summed E-state index contributed by atoms with van der Waals surface area (Å²) in [7, 11) is 0. The standard InChI is InChI=1S/C51H32N2O2/c1-3-15-33(16-4-1)39-21-11-13-25-44(39)53(37-29-27-34(28-30-37)43-31-36-19-7-8-20-38(36)40-22-9-10-23-41(40)43)50-48-42-24-12-14-26-45(42)54-46(48)32-47-49(50)52-51(55-47)35-17-5-2-6-18-35/h1-32H. The Kier molecular flexibility index (Phi) is 7.14. The molecule has 0 bridgehead atoms. The van der Waals surface area contributed by atoms with Crippen LogP contribution >= 0.6 is 0 Å². The molecule has 0 N–H and O–H groups in total. The molecule has 11 aromatic rings. The lowest BCUT2D eigenvalue weighted by Gasteiger charge is -2.29. The smallest absolute Gasteiger partial charge is 0.227 e. The van der Waals surface area contributed by atoms with Gasteiger partial charge in [-0.2, -0.15) is 0 Å². The maximum atomic E-state index is 6.59. The molecule has 0 unspecified atom stereocenters. The number of rotatable bonds is 6. The van der Waals surface area contributed by atoms with E-state index in [1.54, 1.807) is 0 Å². The molecule has 2 heterocycles. The third-order valence-corrected chi connectivity index (χ3v) is 10.7. The van der Waals surface area contributed by atoms with E-state index in [0.29, 0.717) is 11.5 Å². The number of furan rings is 1. The van der Waals surface area contributed by atoms with E-state index in [4.69, 9.17) is 13.8 Å². The summed E-state index contributed by atoms with van der Waals surface area (Å²) in [6, 6.07) is 68.0. The third kappa shape index (κ3) is 5.11. The van der Waals surface area contributed by atoms with Crippen LogP contribution in [-0.4, -0.2) is 4.98 Å². The van der Waals surface area contributed by atoms with Gasteiger partial charge in [-0.1, -0.05) is 146 Å². The minimum Gasteiger partial charge on any atom is -0.456 e. The molecule has 0 aliphatic rings. The lowest BCUT2D eigenvalue weighted by atomic mass is 9.93. The van der Waals surface area contributed by atoms with Crippen LogP contribution in [-0.2, 0) is 0 Å². The van der Waals surface area contributed by atoms with Gasteiger partial charge >= 0.3 is 0 Å². The van der Waals surface area contributed by atoms with Gasteiger partial charge < -0.3 is 13.7 Å². The molecule has 2 aromatic heterocycles. The fourth-order valence-electron chi connectivity index (χ4n) is 8.17. The first-order valence-electron chi connectivity index (χ1n) is 18.5. The summed E-state index contributed by atoms with van der Waals surface area (Å²) in [6.07, 6.45) is 0. The van der Waals surface area contributed by atoms with E-state index in [1.165, 1.54) is 27.1 Å². The zero-order valence-corrected chi connectivity index (χ0v) is 29.7. The number of oxazole rings is 1. The van der Waals surface area contributed by atoms with Crippen LogP contribution in [0.25, 0.3) is 88.3 Å². The number of fused-ring (bicyclic) bond motifs is 7. The van der Waals surface area contributed by atoms with Crippen molar-refractivity contribution in [2.75, 3.05) is 4.90 Å². The molecule has 0 spiro atoms. The molecular formula is C51H32N2O2. The molecule has 0 aliphatic carbocycles. The van der Waals surface area contributed by atoms with Crippen LogP contribution in [0, 0.1) is 0 Å². The molecule has 0 amide bonds. The van der Waals surface area contributed by atoms with Crippen LogP contribution in [0.2, 0.25) is 0 Å². The maximum absolute atomic E-state index is 6.59. The highest BCUT2D eigenvalue weighted by Crippen LogP contribution is 2.50. The van der Waals surface area contributed by atoms with Gasteiger partial charge in [0.05, 0.1) is 16.8 Å². The predicted molar refractivity (Wildman–Crippen MR) is 227 cm³/mol. The van der Waals surface area contributed by atoms with E-state index in [2.05, 4.69) is 150 Å². The average Bonchev–Trinajstić information content (AvgIpc) is 3.86. The fourth-order valence-corrected chi connectivity index (χ4v) is 8.17. The van der Waals surface area contributed by atoms with Gasteiger partial charge in [0.2, 0.25) is 5.89 Å². The second-order valence-corrected chi connectivity index (χ2v) is 13.9. The van der Waals surface area contributed by atoms with Crippen molar-refractivity contribution in [1.29, 1.82) is 0 Å². The topological polar surface area (TPSA) is 42.4 Å². The van der Waals surface area contributed by atoms with E-state index < -0.39 is 0 Å². The predicted octanol–water partition coefficient (Wildman–Crippen LogP) is 14.5. The first-order chi connectivity index (χ1) is 27.3. The van der Waals surface area contributed by atoms with Gasteiger partial charge in [0.25, 0.3) is 0 Å². The number of anilines is 3. The number of para-hydroxylation sites is 2.